The average Bonchev–Trinajstić information content (AvgIpc) is 3.53. The van der Waals surface area contributed by atoms with E-state index in [1.165, 1.54) is 24.7 Å². The lowest BCUT2D eigenvalue weighted by Gasteiger charge is -2.33. The minimum Gasteiger partial charge on any atom is -0.486 e. The molecule has 3 fully saturated rings. The summed E-state index contributed by atoms with van der Waals surface area (Å²) >= 11 is 0. The fraction of sp³-hybridized carbons (Fsp3) is 0.741. The van der Waals surface area contributed by atoms with Crippen LogP contribution in [0, 0.1) is 17.3 Å². The number of ether oxygens (including phenoxy) is 2. The normalized spacial score (nSPS) is 27.7. The lowest BCUT2D eigenvalue weighted by atomic mass is 9.71. The van der Waals surface area contributed by atoms with Gasteiger partial charge in [-0.05, 0) is 73.5 Å². The minimum absolute atomic E-state index is 0.0662. The second-order valence-corrected chi connectivity index (χ2v) is 10.4. The molecule has 1 aromatic carbocycles. The van der Waals surface area contributed by atoms with Crippen LogP contribution in [0.3, 0.4) is 0 Å². The van der Waals surface area contributed by atoms with Gasteiger partial charge in [0.2, 0.25) is 5.91 Å². The van der Waals surface area contributed by atoms with Gasteiger partial charge in [0, 0.05) is 13.0 Å². The number of benzene rings is 1. The van der Waals surface area contributed by atoms with Gasteiger partial charge in [-0.25, -0.2) is 0 Å². The number of amides is 1. The molecule has 4 N–H and O–H groups in total. The summed E-state index contributed by atoms with van der Waals surface area (Å²) in [6.07, 6.45) is 13.0. The summed E-state index contributed by atoms with van der Waals surface area (Å²) in [6, 6.07) is 4.78. The molecule has 184 valence electrons. The van der Waals surface area contributed by atoms with Gasteiger partial charge in [-0.2, -0.15) is 0 Å². The number of fused-ring (bicyclic) bond motifs is 1. The van der Waals surface area contributed by atoms with Crippen molar-refractivity contribution in [3.63, 3.8) is 0 Å². The van der Waals surface area contributed by atoms with E-state index in [2.05, 4.69) is 12.2 Å². The van der Waals surface area contributed by atoms with Crippen LogP contribution in [0.5, 0.6) is 11.5 Å². The lowest BCUT2D eigenvalue weighted by molar-refractivity contribution is -0.122. The number of nitrogens with two attached hydrogens (primary N) is 1. The molecule has 1 aromatic rings. The summed E-state index contributed by atoms with van der Waals surface area (Å²) in [5, 5.41) is 13.4. The van der Waals surface area contributed by atoms with E-state index in [4.69, 9.17) is 15.2 Å². The van der Waals surface area contributed by atoms with Crippen molar-refractivity contribution in [3.05, 3.63) is 23.8 Å². The number of aliphatic hydroxyl groups excluding tert-OH is 1. The van der Waals surface area contributed by atoms with Crippen molar-refractivity contribution in [1.29, 1.82) is 0 Å². The maximum Gasteiger partial charge on any atom is 0.220 e. The number of nitrogens with one attached hydrogen (secondary N) is 1. The zero-order valence-corrected chi connectivity index (χ0v) is 20.2. The highest BCUT2D eigenvalue weighted by molar-refractivity contribution is 5.76. The summed E-state index contributed by atoms with van der Waals surface area (Å²) in [4.78, 5) is 12.1. The van der Waals surface area contributed by atoms with Gasteiger partial charge in [-0.3, -0.25) is 4.79 Å². The molecule has 0 bridgehead atoms. The molecular formula is C27H42N2O4. The molecule has 33 heavy (non-hydrogen) atoms. The van der Waals surface area contributed by atoms with Crippen LogP contribution >= 0.6 is 0 Å². The molecule has 1 amide bonds. The van der Waals surface area contributed by atoms with E-state index < -0.39 is 12.1 Å². The Labute approximate surface area is 198 Å². The maximum atomic E-state index is 12.1. The minimum atomic E-state index is -0.884. The Hall–Kier alpha value is -1.79. The number of hydrogen-bond donors (Lipinski definition) is 3. The van der Waals surface area contributed by atoms with Crippen LogP contribution < -0.4 is 20.5 Å². The summed E-state index contributed by atoms with van der Waals surface area (Å²) < 4.78 is 11.0. The quantitative estimate of drug-likeness (QED) is 0.449. The Morgan fingerprint density at radius 1 is 1.12 bits per heavy atom. The Kier molecular flexibility index (Phi) is 8.18. The van der Waals surface area contributed by atoms with Gasteiger partial charge in [0.15, 0.2) is 11.5 Å². The van der Waals surface area contributed by atoms with Crippen LogP contribution in [0.25, 0.3) is 0 Å². The van der Waals surface area contributed by atoms with Crippen molar-refractivity contribution < 1.29 is 19.4 Å². The first-order valence-corrected chi connectivity index (χ1v) is 13.1. The number of aliphatic hydroxyl groups is 1. The second kappa shape index (κ2) is 11.1. The van der Waals surface area contributed by atoms with E-state index >= 15 is 0 Å². The molecule has 1 spiro atoms. The Morgan fingerprint density at radius 3 is 2.48 bits per heavy atom. The van der Waals surface area contributed by atoms with Crippen LogP contribution in [-0.2, 0) is 4.79 Å². The van der Waals surface area contributed by atoms with Crippen molar-refractivity contribution in [2.24, 2.45) is 23.0 Å². The highest BCUT2D eigenvalue weighted by Crippen LogP contribution is 2.75. The van der Waals surface area contributed by atoms with Crippen molar-refractivity contribution in [2.45, 2.75) is 89.7 Å². The highest BCUT2D eigenvalue weighted by Gasteiger charge is 2.66. The monoisotopic (exact) mass is 458 g/mol. The van der Waals surface area contributed by atoms with Gasteiger partial charge in [-0.1, -0.05) is 38.7 Å². The van der Waals surface area contributed by atoms with E-state index in [9.17, 15) is 9.90 Å². The first kappa shape index (κ1) is 24.3. The van der Waals surface area contributed by atoms with Gasteiger partial charge in [0.25, 0.3) is 0 Å². The topological polar surface area (TPSA) is 93.8 Å². The summed E-state index contributed by atoms with van der Waals surface area (Å²) in [7, 11) is 0. The lowest BCUT2D eigenvalue weighted by Crippen LogP contribution is -2.44. The standard InChI is InChI=1S/C19H30N2O4.C8H12/c1-2-3-4-5-6-7-18(22)21-15(13-20)19(23)14-8-9-16-17(12-14)25-11-10-24-16;1-2-7-5-8(7)4-3-6(1)8/h8-9,12,15,19,23H,2-7,10-11,13,20H2,1H3,(H,21,22);6-7H,1-5H2. The molecule has 6 heteroatoms. The first-order valence-electron chi connectivity index (χ1n) is 13.1. The van der Waals surface area contributed by atoms with Crippen LogP contribution in [0.2, 0.25) is 0 Å². The Bertz CT molecular complexity index is 794. The molecular weight excluding hydrogens is 416 g/mol. The van der Waals surface area contributed by atoms with Crippen LogP contribution in [0.4, 0.5) is 0 Å². The van der Waals surface area contributed by atoms with Crippen LogP contribution in [0.15, 0.2) is 18.2 Å². The predicted octanol–water partition coefficient (Wildman–Crippen LogP) is 4.49. The molecule has 5 rings (SSSR count). The molecule has 3 aliphatic carbocycles. The fourth-order valence-electron chi connectivity index (χ4n) is 6.06. The molecule has 5 unspecified atom stereocenters. The average molecular weight is 459 g/mol. The van der Waals surface area contributed by atoms with E-state index in [1.807, 2.05) is 0 Å². The molecule has 0 radical (unpaired) electrons. The molecule has 0 aromatic heterocycles. The molecule has 6 nitrogen and oxygen atoms in total. The van der Waals surface area contributed by atoms with Crippen molar-refractivity contribution in [1.82, 2.24) is 5.32 Å². The Balaban J connectivity index is 0.000000263. The third-order valence-electron chi connectivity index (χ3n) is 8.31. The van der Waals surface area contributed by atoms with Gasteiger partial charge in [0.05, 0.1) is 6.04 Å². The van der Waals surface area contributed by atoms with E-state index in [0.717, 1.165) is 24.7 Å². The molecule has 5 atom stereocenters. The van der Waals surface area contributed by atoms with Crippen LogP contribution in [0.1, 0.15) is 89.2 Å². The number of carbonyl (C=O) groups is 1. The first-order chi connectivity index (χ1) is 16.1. The van der Waals surface area contributed by atoms with Crippen molar-refractivity contribution in [3.8, 4) is 11.5 Å². The number of carbonyl (C=O) groups excluding carboxylic acids is 1. The number of rotatable bonds is 10. The number of hydrogen-bond acceptors (Lipinski definition) is 5. The molecule has 4 aliphatic rings. The summed E-state index contributed by atoms with van der Waals surface area (Å²) in [5.41, 5.74) is 7.42. The summed E-state index contributed by atoms with van der Waals surface area (Å²) in [5.74, 6) is 3.65. The Morgan fingerprint density at radius 2 is 1.88 bits per heavy atom. The van der Waals surface area contributed by atoms with Gasteiger partial charge >= 0.3 is 0 Å². The third kappa shape index (κ3) is 5.65. The van der Waals surface area contributed by atoms with E-state index in [0.29, 0.717) is 36.7 Å². The SMILES string of the molecule is C1CC2CC23CCC13.CCCCCCCC(=O)NC(CN)C(O)c1ccc2c(c1)OCCO2. The van der Waals surface area contributed by atoms with Gasteiger partial charge < -0.3 is 25.6 Å². The summed E-state index contributed by atoms with van der Waals surface area (Å²) in [6.45, 7) is 3.34. The van der Waals surface area contributed by atoms with E-state index in [1.54, 1.807) is 50.3 Å². The highest BCUT2D eigenvalue weighted by atomic mass is 16.6. The largest absolute Gasteiger partial charge is 0.486 e. The second-order valence-electron chi connectivity index (χ2n) is 10.4. The zero-order valence-electron chi connectivity index (χ0n) is 20.2. The molecule has 1 heterocycles. The zero-order chi connectivity index (χ0) is 23.3. The third-order valence-corrected chi connectivity index (χ3v) is 8.31. The van der Waals surface area contributed by atoms with Crippen molar-refractivity contribution >= 4 is 5.91 Å². The molecule has 0 saturated heterocycles. The fourth-order valence-corrected chi connectivity index (χ4v) is 6.06. The molecule has 1 aliphatic heterocycles. The van der Waals surface area contributed by atoms with Gasteiger partial charge in [-0.15, -0.1) is 0 Å². The smallest absolute Gasteiger partial charge is 0.220 e. The van der Waals surface area contributed by atoms with Gasteiger partial charge in [0.1, 0.15) is 19.3 Å². The molecule has 3 saturated carbocycles. The predicted molar refractivity (Wildman–Crippen MR) is 129 cm³/mol. The maximum absolute atomic E-state index is 12.1. The van der Waals surface area contributed by atoms with Crippen molar-refractivity contribution in [2.75, 3.05) is 19.8 Å². The van der Waals surface area contributed by atoms with Crippen LogP contribution in [-0.4, -0.2) is 36.8 Å². The number of unbranched alkanes of at least 4 members (excludes halogenated alkanes) is 4. The van der Waals surface area contributed by atoms with E-state index in [-0.39, 0.29) is 12.5 Å².